The lowest BCUT2D eigenvalue weighted by molar-refractivity contribution is -0.118. The first-order valence-corrected chi connectivity index (χ1v) is 8.37. The van der Waals surface area contributed by atoms with E-state index in [1.165, 1.54) is 25.2 Å². The van der Waals surface area contributed by atoms with Crippen molar-refractivity contribution in [2.45, 2.75) is 20.3 Å². The Bertz CT molecular complexity index is 734. The van der Waals surface area contributed by atoms with Crippen molar-refractivity contribution < 1.29 is 19.1 Å². The average Bonchev–Trinajstić information content (AvgIpc) is 3.01. The summed E-state index contributed by atoms with van der Waals surface area (Å²) in [6.07, 6.45) is 0.699. The Balaban J connectivity index is 1.85. The second-order valence-corrected chi connectivity index (χ2v) is 6.46. The minimum atomic E-state index is -0.0959. The number of carbonyl (C=O) groups is 3. The van der Waals surface area contributed by atoms with Gasteiger partial charge in [0.05, 0.1) is 4.88 Å². The molecule has 0 saturated heterocycles. The third kappa shape index (κ3) is 5.31. The smallest absolute Gasteiger partial charge is 0.216 e. The summed E-state index contributed by atoms with van der Waals surface area (Å²) in [5.41, 5.74) is 0.607. The van der Waals surface area contributed by atoms with Crippen molar-refractivity contribution in [3.8, 4) is 5.75 Å². The van der Waals surface area contributed by atoms with Gasteiger partial charge in [-0.2, -0.15) is 0 Å². The summed E-state index contributed by atoms with van der Waals surface area (Å²) in [6.45, 7) is 3.48. The zero-order chi connectivity index (χ0) is 17.5. The summed E-state index contributed by atoms with van der Waals surface area (Å²) in [5.74, 6) is 0.382. The van der Waals surface area contributed by atoms with Crippen molar-refractivity contribution >= 4 is 28.8 Å². The summed E-state index contributed by atoms with van der Waals surface area (Å²) >= 11 is 1.41. The van der Waals surface area contributed by atoms with Gasteiger partial charge in [-0.15, -0.1) is 11.3 Å². The largest absolute Gasteiger partial charge is 0.485 e. The lowest BCUT2D eigenvalue weighted by atomic mass is 10.1. The molecule has 0 spiro atoms. The van der Waals surface area contributed by atoms with Crippen LogP contribution in [0.25, 0.3) is 0 Å². The van der Waals surface area contributed by atoms with Gasteiger partial charge < -0.3 is 10.1 Å². The van der Waals surface area contributed by atoms with Crippen LogP contribution in [-0.4, -0.2) is 30.6 Å². The van der Waals surface area contributed by atoms with Gasteiger partial charge in [-0.3, -0.25) is 14.4 Å². The minimum Gasteiger partial charge on any atom is -0.485 e. The molecular formula is C18H19NO4S. The van der Waals surface area contributed by atoms with E-state index in [1.54, 1.807) is 30.3 Å². The van der Waals surface area contributed by atoms with Gasteiger partial charge in [0.15, 0.2) is 12.4 Å². The van der Waals surface area contributed by atoms with E-state index < -0.39 is 0 Å². The van der Waals surface area contributed by atoms with Crippen LogP contribution in [0.3, 0.4) is 0 Å². The number of thiophene rings is 1. The second-order valence-electron chi connectivity index (χ2n) is 5.29. The predicted octanol–water partition coefficient (Wildman–Crippen LogP) is 2.89. The SMILES string of the molecule is CC(=O)NCCc1ccc(C(=O)COc2ccc(C(C)=O)cc2)s1. The highest BCUT2D eigenvalue weighted by Gasteiger charge is 2.11. The van der Waals surface area contributed by atoms with Gasteiger partial charge in [-0.1, -0.05) is 0 Å². The predicted molar refractivity (Wildman–Crippen MR) is 93.0 cm³/mol. The molecule has 126 valence electrons. The fraction of sp³-hybridized carbons (Fsp3) is 0.278. The first-order valence-electron chi connectivity index (χ1n) is 7.56. The average molecular weight is 345 g/mol. The summed E-state index contributed by atoms with van der Waals surface area (Å²) in [5, 5.41) is 2.73. The van der Waals surface area contributed by atoms with Gasteiger partial charge in [0, 0.05) is 23.9 Å². The number of rotatable bonds is 8. The Hall–Kier alpha value is -2.47. The minimum absolute atomic E-state index is 0.0111. The number of amides is 1. The fourth-order valence-electron chi connectivity index (χ4n) is 2.03. The van der Waals surface area contributed by atoms with Crippen LogP contribution < -0.4 is 10.1 Å². The van der Waals surface area contributed by atoms with E-state index in [1.807, 2.05) is 6.07 Å². The van der Waals surface area contributed by atoms with Crippen molar-refractivity contribution in [3.05, 3.63) is 51.7 Å². The van der Waals surface area contributed by atoms with E-state index >= 15 is 0 Å². The zero-order valence-electron chi connectivity index (χ0n) is 13.6. The van der Waals surface area contributed by atoms with Crippen LogP contribution in [0, 0.1) is 0 Å². The Labute approximate surface area is 144 Å². The molecule has 1 aromatic heterocycles. The first kappa shape index (κ1) is 17.9. The molecule has 2 aromatic rings. The van der Waals surface area contributed by atoms with Crippen molar-refractivity contribution in [2.75, 3.05) is 13.2 Å². The van der Waals surface area contributed by atoms with Crippen LogP contribution in [-0.2, 0) is 11.2 Å². The summed E-state index contributed by atoms with van der Waals surface area (Å²) in [7, 11) is 0. The molecule has 0 unspecified atom stereocenters. The molecule has 0 atom stereocenters. The van der Waals surface area contributed by atoms with Gasteiger partial charge in [-0.05, 0) is 49.7 Å². The van der Waals surface area contributed by atoms with Crippen LogP contribution in [0.5, 0.6) is 5.75 Å². The molecule has 1 aromatic carbocycles. The van der Waals surface area contributed by atoms with E-state index in [9.17, 15) is 14.4 Å². The molecule has 1 N–H and O–H groups in total. The molecule has 0 bridgehead atoms. The summed E-state index contributed by atoms with van der Waals surface area (Å²) < 4.78 is 5.47. The monoisotopic (exact) mass is 345 g/mol. The normalized spacial score (nSPS) is 10.2. The standard InChI is InChI=1S/C18H19NO4S/c1-12(20)14-3-5-15(6-4-14)23-11-17(22)18-8-7-16(24-18)9-10-19-13(2)21/h3-8H,9-11H2,1-2H3,(H,19,21). The van der Waals surface area contributed by atoms with Crippen LogP contribution in [0.15, 0.2) is 36.4 Å². The Morgan fingerprint density at radius 2 is 1.75 bits per heavy atom. The van der Waals surface area contributed by atoms with Crippen molar-refractivity contribution in [1.82, 2.24) is 5.32 Å². The summed E-state index contributed by atoms with van der Waals surface area (Å²) in [4.78, 5) is 35.9. The van der Waals surface area contributed by atoms with E-state index in [2.05, 4.69) is 5.32 Å². The lowest BCUT2D eigenvalue weighted by Gasteiger charge is -2.05. The molecule has 0 aliphatic heterocycles. The first-order chi connectivity index (χ1) is 11.5. The molecule has 1 heterocycles. The zero-order valence-corrected chi connectivity index (χ0v) is 14.4. The number of hydrogen-bond donors (Lipinski definition) is 1. The number of Topliss-reactive ketones (excluding diaryl/α,β-unsaturated/α-hetero) is 2. The molecular weight excluding hydrogens is 326 g/mol. The highest BCUT2D eigenvalue weighted by atomic mass is 32.1. The molecule has 0 fully saturated rings. The van der Waals surface area contributed by atoms with Crippen LogP contribution >= 0.6 is 11.3 Å². The van der Waals surface area contributed by atoms with Gasteiger partial charge in [0.2, 0.25) is 11.7 Å². The number of carbonyl (C=O) groups excluding carboxylic acids is 3. The number of ether oxygens (including phenoxy) is 1. The maximum atomic E-state index is 12.2. The molecule has 5 nitrogen and oxygen atoms in total. The molecule has 6 heteroatoms. The van der Waals surface area contributed by atoms with Crippen LogP contribution in [0.4, 0.5) is 0 Å². The maximum absolute atomic E-state index is 12.2. The molecule has 2 rings (SSSR count). The molecule has 0 radical (unpaired) electrons. The van der Waals surface area contributed by atoms with Gasteiger partial charge >= 0.3 is 0 Å². The van der Waals surface area contributed by atoms with Crippen molar-refractivity contribution in [1.29, 1.82) is 0 Å². The topological polar surface area (TPSA) is 72.5 Å². The van der Waals surface area contributed by atoms with Crippen LogP contribution in [0.2, 0.25) is 0 Å². The Kier molecular flexibility index (Phi) is 6.26. The lowest BCUT2D eigenvalue weighted by Crippen LogP contribution is -2.22. The fourth-order valence-corrected chi connectivity index (χ4v) is 2.96. The highest BCUT2D eigenvalue weighted by Crippen LogP contribution is 2.18. The van der Waals surface area contributed by atoms with Crippen molar-refractivity contribution in [3.63, 3.8) is 0 Å². The molecule has 0 aliphatic rings. The van der Waals surface area contributed by atoms with Gasteiger partial charge in [0.1, 0.15) is 5.75 Å². The number of ketones is 2. The third-order valence-electron chi connectivity index (χ3n) is 3.31. The number of nitrogens with one attached hydrogen (secondary N) is 1. The molecule has 24 heavy (non-hydrogen) atoms. The van der Waals surface area contributed by atoms with E-state index in [4.69, 9.17) is 4.74 Å². The molecule has 0 saturated carbocycles. The van der Waals surface area contributed by atoms with E-state index in [-0.39, 0.29) is 24.1 Å². The van der Waals surface area contributed by atoms with E-state index in [0.717, 1.165) is 4.88 Å². The summed E-state index contributed by atoms with van der Waals surface area (Å²) in [6, 6.07) is 10.4. The number of benzene rings is 1. The van der Waals surface area contributed by atoms with E-state index in [0.29, 0.717) is 29.2 Å². The maximum Gasteiger partial charge on any atom is 0.216 e. The Morgan fingerprint density at radius 1 is 1.04 bits per heavy atom. The van der Waals surface area contributed by atoms with Crippen molar-refractivity contribution in [2.24, 2.45) is 0 Å². The third-order valence-corrected chi connectivity index (χ3v) is 4.50. The second kappa shape index (κ2) is 8.40. The van der Waals surface area contributed by atoms with Crippen LogP contribution in [0.1, 0.15) is 38.8 Å². The number of hydrogen-bond acceptors (Lipinski definition) is 5. The molecule has 1 amide bonds. The quantitative estimate of drug-likeness (QED) is 0.747. The molecule has 0 aliphatic carbocycles. The van der Waals surface area contributed by atoms with Gasteiger partial charge in [0.25, 0.3) is 0 Å². The highest BCUT2D eigenvalue weighted by molar-refractivity contribution is 7.14. The Morgan fingerprint density at radius 3 is 2.38 bits per heavy atom. The van der Waals surface area contributed by atoms with Gasteiger partial charge in [-0.25, -0.2) is 0 Å².